The van der Waals surface area contributed by atoms with Crippen LogP contribution in [0.15, 0.2) is 61.1 Å². The van der Waals surface area contributed by atoms with Gasteiger partial charge in [0.05, 0.1) is 5.56 Å². The van der Waals surface area contributed by atoms with E-state index in [4.69, 9.17) is 13.1 Å². The first-order chi connectivity index (χ1) is 15.2. The average molecular weight is 564 g/mol. The van der Waals surface area contributed by atoms with E-state index in [2.05, 4.69) is 38.0 Å². The molecule has 0 aliphatic rings. The number of nitrogens with one attached hydrogen (secondary N) is 2. The second kappa shape index (κ2) is 12.3. The third-order valence-corrected chi connectivity index (χ3v) is 5.50. The summed E-state index contributed by atoms with van der Waals surface area (Å²) in [5.41, 5.74) is 2.25. The number of hydrogen-bond donors (Lipinski definition) is 2. The highest BCUT2D eigenvalue weighted by Crippen LogP contribution is 2.15. The van der Waals surface area contributed by atoms with Crippen LogP contribution in [-0.2, 0) is 7.86 Å². The molecule has 10 heteroatoms. The second-order valence-electron chi connectivity index (χ2n) is 6.76. The van der Waals surface area contributed by atoms with Gasteiger partial charge in [-0.15, -0.1) is 9.24 Å². The first-order valence-electron chi connectivity index (χ1n) is 9.33. The quantitative estimate of drug-likeness (QED) is 0.339. The van der Waals surface area contributed by atoms with Crippen LogP contribution in [-0.4, -0.2) is 29.5 Å². The van der Waals surface area contributed by atoms with Gasteiger partial charge in [0.15, 0.2) is 6.61 Å². The van der Waals surface area contributed by atoms with Crippen LogP contribution >= 0.6 is 32.2 Å². The van der Waals surface area contributed by atoms with Gasteiger partial charge >= 0.3 is 0 Å². The van der Waals surface area contributed by atoms with Crippen molar-refractivity contribution in [2.75, 3.05) is 6.61 Å². The van der Waals surface area contributed by atoms with Crippen molar-refractivity contribution in [3.63, 3.8) is 0 Å². The summed E-state index contributed by atoms with van der Waals surface area (Å²) in [6, 6.07) is 10.4. The summed E-state index contributed by atoms with van der Waals surface area (Å²) in [7, 11) is 2.61. The maximum atomic E-state index is 12.3. The lowest BCUT2D eigenvalue weighted by Gasteiger charge is -2.19. The Balaban J connectivity index is 1.84. The zero-order chi connectivity index (χ0) is 23.7. The van der Waals surface area contributed by atoms with E-state index in [1.165, 1.54) is 18.3 Å². The topological polar surface area (TPSA) is 113 Å². The number of carbonyl (C=O) groups excluding carboxylic acids is 2. The fourth-order valence-electron chi connectivity index (χ4n) is 2.46. The third kappa shape index (κ3) is 7.71. The van der Waals surface area contributed by atoms with E-state index < -0.39 is 17.9 Å². The zero-order valence-electron chi connectivity index (χ0n) is 17.4. The van der Waals surface area contributed by atoms with Gasteiger partial charge in [-0.05, 0) is 42.1 Å². The third-order valence-electron chi connectivity index (χ3n) is 4.26. The van der Waals surface area contributed by atoms with Crippen LogP contribution in [0.1, 0.15) is 28.0 Å². The Morgan fingerprint density at radius 1 is 1.28 bits per heavy atom. The van der Waals surface area contributed by atoms with Gasteiger partial charge in [0, 0.05) is 24.0 Å². The number of aryl methyl sites for hydroxylation is 1. The molecule has 0 aliphatic heterocycles. The van der Waals surface area contributed by atoms with E-state index in [0.29, 0.717) is 22.7 Å². The van der Waals surface area contributed by atoms with Gasteiger partial charge in [-0.3, -0.25) is 9.59 Å². The molecule has 2 atom stereocenters. The summed E-state index contributed by atoms with van der Waals surface area (Å²) in [6.07, 6.45) is 0.864. The van der Waals surface area contributed by atoms with Crippen molar-refractivity contribution in [2.24, 2.45) is 0 Å². The number of pyridine rings is 1. The zero-order valence-corrected chi connectivity index (χ0v) is 20.7. The summed E-state index contributed by atoms with van der Waals surface area (Å²) >= 11 is 1.69. The van der Waals surface area contributed by atoms with Gasteiger partial charge in [0.2, 0.25) is 0 Å². The molecule has 2 amide bonds. The number of nitrogens with zero attached hydrogens (tertiary/aromatic N) is 2. The van der Waals surface area contributed by atoms with E-state index >= 15 is 0 Å². The lowest BCUT2D eigenvalue weighted by Crippen LogP contribution is -2.34. The number of amides is 2. The molecule has 8 nitrogen and oxygen atoms in total. The van der Waals surface area contributed by atoms with Gasteiger partial charge < -0.3 is 18.4 Å². The van der Waals surface area contributed by atoms with Crippen molar-refractivity contribution < 1.29 is 17.4 Å². The highest BCUT2D eigenvalue weighted by Gasteiger charge is 2.18. The van der Waals surface area contributed by atoms with E-state index in [1.54, 1.807) is 29.1 Å². The van der Waals surface area contributed by atoms with Crippen LogP contribution in [0.3, 0.4) is 0 Å². The Labute approximate surface area is 203 Å². The first kappa shape index (κ1) is 25.5. The second-order valence-corrected chi connectivity index (χ2v) is 7.89. The number of hydrogen-bond acceptors (Lipinski definition) is 6. The fraction of sp³-hybridized carbons (Fsp3) is 0.182. The summed E-state index contributed by atoms with van der Waals surface area (Å²) in [5, 5.41) is 15.0. The minimum absolute atomic E-state index is 0.145. The number of carbonyl (C=O) groups is 2. The minimum Gasteiger partial charge on any atom is -0.484 e. The number of ether oxygens (including phenoxy) is 1. The maximum absolute atomic E-state index is 12.3. The molecule has 2 rings (SSSR count). The normalized spacial score (nSPS) is 11.1. The molecular formula is C22H22IN4O4P. The van der Waals surface area contributed by atoms with Crippen LogP contribution in [0.2, 0.25) is 0 Å². The van der Waals surface area contributed by atoms with Crippen LogP contribution in [0, 0.1) is 18.3 Å². The molecule has 2 aromatic rings. The SMILES string of the molecule is C=C(CC(OI)C(=C)NC(=O)COc1ccc(C)c(P)c1)NC(=O)c1ccc(C#N)cn1. The highest BCUT2D eigenvalue weighted by molar-refractivity contribution is 14.1. The molecule has 166 valence electrons. The lowest BCUT2D eigenvalue weighted by molar-refractivity contribution is -0.122. The van der Waals surface area contributed by atoms with E-state index in [0.717, 1.165) is 10.9 Å². The Hall–Kier alpha value is -2.80. The van der Waals surface area contributed by atoms with Crippen molar-refractivity contribution in [1.29, 1.82) is 5.26 Å². The monoisotopic (exact) mass is 564 g/mol. The Kier molecular flexibility index (Phi) is 9.78. The predicted octanol–water partition coefficient (Wildman–Crippen LogP) is 2.84. The maximum Gasteiger partial charge on any atom is 0.273 e. The van der Waals surface area contributed by atoms with Gasteiger partial charge in [0.1, 0.15) is 46.6 Å². The van der Waals surface area contributed by atoms with Crippen LogP contribution in [0.5, 0.6) is 5.75 Å². The number of halogens is 1. The van der Waals surface area contributed by atoms with Crippen molar-refractivity contribution in [1.82, 2.24) is 15.6 Å². The van der Waals surface area contributed by atoms with Gasteiger partial charge in [0.25, 0.3) is 11.8 Å². The summed E-state index contributed by atoms with van der Waals surface area (Å²) in [5.74, 6) is -0.285. The Morgan fingerprint density at radius 2 is 2.03 bits per heavy atom. The van der Waals surface area contributed by atoms with Crippen LogP contribution in [0.4, 0.5) is 0 Å². The van der Waals surface area contributed by atoms with Crippen LogP contribution < -0.4 is 20.7 Å². The van der Waals surface area contributed by atoms with Crippen molar-refractivity contribution in [3.05, 3.63) is 77.9 Å². The molecule has 32 heavy (non-hydrogen) atoms. The smallest absolute Gasteiger partial charge is 0.273 e. The Bertz CT molecular complexity index is 1070. The Morgan fingerprint density at radius 3 is 2.62 bits per heavy atom. The van der Waals surface area contributed by atoms with E-state index in [9.17, 15) is 9.59 Å². The molecule has 2 N–H and O–H groups in total. The molecule has 0 fully saturated rings. The highest BCUT2D eigenvalue weighted by atomic mass is 127. The molecule has 0 saturated carbocycles. The van der Waals surface area contributed by atoms with Crippen LogP contribution in [0.25, 0.3) is 0 Å². The largest absolute Gasteiger partial charge is 0.484 e. The van der Waals surface area contributed by atoms with Crippen molar-refractivity contribution in [2.45, 2.75) is 19.4 Å². The lowest BCUT2D eigenvalue weighted by atomic mass is 10.1. The van der Waals surface area contributed by atoms with E-state index in [1.807, 2.05) is 25.1 Å². The molecule has 0 radical (unpaired) electrons. The van der Waals surface area contributed by atoms with Gasteiger partial charge in [-0.2, -0.15) is 5.26 Å². The molecule has 0 spiro atoms. The van der Waals surface area contributed by atoms with E-state index in [-0.39, 0.29) is 18.7 Å². The van der Waals surface area contributed by atoms with Crippen molar-refractivity contribution >= 4 is 49.4 Å². The molecule has 0 aliphatic carbocycles. The van der Waals surface area contributed by atoms with Gasteiger partial charge in [-0.1, -0.05) is 19.2 Å². The molecule has 0 saturated heterocycles. The summed E-state index contributed by atoms with van der Waals surface area (Å²) in [6.45, 7) is 9.44. The molecule has 0 bridgehead atoms. The minimum atomic E-state index is -0.626. The number of benzene rings is 1. The summed E-state index contributed by atoms with van der Waals surface area (Å²) in [4.78, 5) is 28.4. The standard InChI is InChI=1S/C22H22IN4O4P/c1-13-4-6-17(9-20(13)32)30-12-21(28)27-15(3)19(31-23)8-14(2)26-22(29)18-7-5-16(10-24)11-25-18/h4-7,9,11,19H,2-3,8,12,32H2,1H3,(H,26,29)(H,27,28). The average Bonchev–Trinajstić information content (AvgIpc) is 2.78. The summed E-state index contributed by atoms with van der Waals surface area (Å²) < 4.78 is 10.8. The number of aromatic nitrogens is 1. The fourth-order valence-corrected chi connectivity index (χ4v) is 3.20. The van der Waals surface area contributed by atoms with Crippen molar-refractivity contribution in [3.8, 4) is 11.8 Å². The molecule has 1 aromatic carbocycles. The molecular weight excluding hydrogens is 542 g/mol. The molecule has 1 heterocycles. The number of rotatable bonds is 10. The molecule has 2 unspecified atom stereocenters. The first-order valence-corrected chi connectivity index (χ1v) is 10.8. The number of nitriles is 1. The van der Waals surface area contributed by atoms with Gasteiger partial charge in [-0.25, -0.2) is 4.98 Å². The predicted molar refractivity (Wildman–Crippen MR) is 132 cm³/mol. The molecule has 1 aromatic heterocycles.